The molecule has 10 N–H and O–H groups in total. The number of fused-ring (bicyclic) bond motifs is 1. The van der Waals surface area contributed by atoms with Gasteiger partial charge in [0.2, 0.25) is 5.91 Å². The zero-order valence-electron chi connectivity index (χ0n) is 52.7. The molecular formula is C63H106N9O15P. The van der Waals surface area contributed by atoms with Crippen molar-refractivity contribution in [1.29, 1.82) is 0 Å². The summed E-state index contributed by atoms with van der Waals surface area (Å²) in [5, 5.41) is 33.0. The number of aliphatic carboxylic acids is 1. The number of rotatable bonds is 54. The van der Waals surface area contributed by atoms with E-state index in [0.29, 0.717) is 30.0 Å². The number of hydrogen-bond acceptors (Lipinski definition) is 19. The normalized spacial score (nSPS) is 14.0. The Labute approximate surface area is 522 Å². The van der Waals surface area contributed by atoms with E-state index in [1.54, 1.807) is 12.1 Å². The molecule has 24 nitrogen and oxygen atoms in total. The van der Waals surface area contributed by atoms with Crippen molar-refractivity contribution in [2.45, 2.75) is 257 Å². The number of carbonyl (C=O) groups excluding carboxylic acids is 5. The Bertz CT molecular complexity index is 2370. The molecule has 1 aromatic carbocycles. The van der Waals surface area contributed by atoms with Gasteiger partial charge in [-0.15, -0.1) is 0 Å². The van der Waals surface area contributed by atoms with Crippen molar-refractivity contribution in [3.05, 3.63) is 47.4 Å². The summed E-state index contributed by atoms with van der Waals surface area (Å²) in [7, 11) is -4.75. The first kappa shape index (κ1) is 76.3. The lowest BCUT2D eigenvalue weighted by Gasteiger charge is -2.20. The minimum Gasteiger partial charge on any atom is -0.480 e. The number of ether oxygens (including phenoxy) is 3. The van der Waals surface area contributed by atoms with Crippen LogP contribution in [-0.2, 0) is 53.5 Å². The van der Waals surface area contributed by atoms with E-state index in [-0.39, 0.29) is 75.7 Å². The van der Waals surface area contributed by atoms with Crippen LogP contribution in [0.4, 0.5) is 16.3 Å². The fourth-order valence-electron chi connectivity index (χ4n) is 9.76. The van der Waals surface area contributed by atoms with E-state index >= 15 is 0 Å². The van der Waals surface area contributed by atoms with Gasteiger partial charge >= 0.3 is 31.8 Å². The number of nitrogens with one attached hydrogen (secondary N) is 5. The molecule has 2 heterocycles. The van der Waals surface area contributed by atoms with E-state index < -0.39 is 75.2 Å². The third-order valence-electron chi connectivity index (χ3n) is 14.9. The Kier molecular flexibility index (Phi) is 41.6. The Morgan fingerprint density at radius 3 is 1.69 bits per heavy atom. The maximum atomic E-state index is 12.9. The van der Waals surface area contributed by atoms with Crippen LogP contribution >= 0.6 is 7.82 Å². The van der Waals surface area contributed by atoms with Gasteiger partial charge in [-0.1, -0.05) is 194 Å². The number of aliphatic hydroxyl groups excluding tert-OH is 1. The molecule has 88 heavy (non-hydrogen) atoms. The van der Waals surface area contributed by atoms with E-state index in [2.05, 4.69) is 55.4 Å². The van der Waals surface area contributed by atoms with Crippen molar-refractivity contribution in [2.75, 3.05) is 50.2 Å². The van der Waals surface area contributed by atoms with E-state index in [1.807, 2.05) is 0 Å². The third-order valence-corrected chi connectivity index (χ3v) is 15.9. The Morgan fingerprint density at radius 1 is 0.648 bits per heavy atom. The molecule has 4 atom stereocenters. The quantitative estimate of drug-likeness (QED) is 0.0129. The number of hydrogen-bond donors (Lipinski definition) is 9. The van der Waals surface area contributed by atoms with Gasteiger partial charge in [-0.25, -0.2) is 29.1 Å². The summed E-state index contributed by atoms with van der Waals surface area (Å²) in [6, 6.07) is 4.79. The van der Waals surface area contributed by atoms with Crippen molar-refractivity contribution in [3.8, 4) is 0 Å². The molecule has 25 heteroatoms. The predicted molar refractivity (Wildman–Crippen MR) is 338 cm³/mol. The molecule has 2 aromatic rings. The maximum absolute atomic E-state index is 12.9. The van der Waals surface area contributed by atoms with Crippen LogP contribution in [0.3, 0.4) is 0 Å². The first-order chi connectivity index (χ1) is 42.6. The topological polar surface area (TPSA) is 351 Å². The number of unbranched alkanes of at least 4 members (excludes halogenated alkanes) is 28. The summed E-state index contributed by atoms with van der Waals surface area (Å²) < 4.78 is 39.0. The Hall–Kier alpha value is -5.94. The van der Waals surface area contributed by atoms with Crippen LogP contribution in [0.25, 0.3) is 0 Å². The largest absolute Gasteiger partial charge is 0.480 e. The van der Waals surface area contributed by atoms with Crippen LogP contribution in [0.1, 0.15) is 260 Å². The van der Waals surface area contributed by atoms with Gasteiger partial charge < -0.3 is 61.6 Å². The van der Waals surface area contributed by atoms with Gasteiger partial charge in [-0.05, 0) is 43.5 Å². The predicted octanol–water partition coefficient (Wildman–Crippen LogP) is 11.7. The van der Waals surface area contributed by atoms with E-state index in [4.69, 9.17) is 29.0 Å². The summed E-state index contributed by atoms with van der Waals surface area (Å²) in [5.74, 6) is -3.29. The van der Waals surface area contributed by atoms with E-state index in [1.165, 1.54) is 160 Å². The summed E-state index contributed by atoms with van der Waals surface area (Å²) in [4.78, 5) is 98.1. The molecule has 3 rings (SSSR count). The van der Waals surface area contributed by atoms with Crippen LogP contribution < -0.4 is 32.3 Å². The fraction of sp³-hybridized carbons (Fsp3) is 0.730. The number of anilines is 2. The number of phosphoric acid groups is 1. The highest BCUT2D eigenvalue weighted by molar-refractivity contribution is 7.47. The summed E-state index contributed by atoms with van der Waals surface area (Å²) in [6.45, 7) is 2.57. The number of nitrogens with zero attached hydrogens (tertiary/aromatic N) is 3. The maximum Gasteiger partial charge on any atom is 0.472 e. The Morgan fingerprint density at radius 2 is 1.16 bits per heavy atom. The molecule has 1 aliphatic rings. The number of nitrogens with two attached hydrogens (primary N) is 1. The second-order valence-electron chi connectivity index (χ2n) is 22.6. The lowest BCUT2D eigenvalue weighted by molar-refractivity contribution is -0.161. The molecule has 0 saturated carbocycles. The van der Waals surface area contributed by atoms with Crippen LogP contribution in [0.5, 0.6) is 0 Å². The molecule has 0 spiro atoms. The van der Waals surface area contributed by atoms with Crippen molar-refractivity contribution in [2.24, 2.45) is 10.7 Å². The number of alkyl carbamates (subject to hydrolysis) is 1. The number of carbonyl (C=O) groups is 6. The molecule has 1 aromatic heterocycles. The lowest BCUT2D eigenvalue weighted by atomic mass is 10.0. The second kappa shape index (κ2) is 48.0. The molecule has 0 radical (unpaired) electrons. The number of aliphatic hydroxyl groups is 1. The van der Waals surface area contributed by atoms with Crippen LogP contribution in [0.15, 0.2) is 35.5 Å². The van der Waals surface area contributed by atoms with Gasteiger partial charge in [0.05, 0.1) is 38.2 Å². The number of esters is 2. The highest BCUT2D eigenvalue weighted by atomic mass is 31.2. The Balaban J connectivity index is 1.31. The minimum absolute atomic E-state index is 0.0196. The zero-order valence-corrected chi connectivity index (χ0v) is 53.6. The summed E-state index contributed by atoms with van der Waals surface area (Å²) in [5.41, 5.74) is 7.10. The summed E-state index contributed by atoms with van der Waals surface area (Å²) in [6.07, 6.45) is 33.7. The highest BCUT2D eigenvalue weighted by Gasteiger charge is 2.27. The smallest absolute Gasteiger partial charge is 0.472 e. The average Bonchev–Trinajstić information content (AvgIpc) is 3.13. The zero-order chi connectivity index (χ0) is 63.9. The van der Waals surface area contributed by atoms with E-state index in [0.717, 1.165) is 38.5 Å². The van der Waals surface area contributed by atoms with Crippen molar-refractivity contribution < 1.29 is 71.7 Å². The fourth-order valence-corrected chi connectivity index (χ4v) is 10.5. The third kappa shape index (κ3) is 37.8. The monoisotopic (exact) mass is 1260 g/mol. The molecule has 0 aliphatic carbocycles. The van der Waals surface area contributed by atoms with Crippen molar-refractivity contribution in [1.82, 2.24) is 25.9 Å². The SMILES string of the molecule is CCCCCCCCCCCCCCCCCC(=O)OC[C@H](COP(=O)(O)OCCNC(=O)OCCNC(=O)CCC(NC(=O)c1ccc(NCc2cnc3c(n2)C(O)N=C(N)N3)cc1)C(=O)O)OC(=O)CCCCCCCCCCCCCCCCC. The summed E-state index contributed by atoms with van der Waals surface area (Å²) >= 11 is 0. The van der Waals surface area contributed by atoms with Crippen LogP contribution in [0.2, 0.25) is 0 Å². The van der Waals surface area contributed by atoms with Crippen LogP contribution in [0, 0.1) is 0 Å². The highest BCUT2D eigenvalue weighted by Crippen LogP contribution is 2.43. The first-order valence-electron chi connectivity index (χ1n) is 32.7. The standard InChI is InChI=1S/C63H106N9O15P/c1-3-5-7-9-11-13-15-17-19-21-23-25-27-29-31-33-55(74)84-47-52(87-56(75)34-32-30-28-26-24-22-20-18-16-14-12-10-8-6-4-2)48-86-88(81,82)85-44-42-66-63(80)83-43-41-65-54(73)40-39-53(61(78)79)70-59(76)49-35-37-50(38-36-49)67-45-51-46-68-58-57(69-51)60(77)72-62(64)71-58/h35-38,46,52-53,60,67,77H,3-34,39-45,47-48H2,1-2H3,(H,65,73)(H,66,80)(H,70,76)(H,78,79)(H,81,82)(H3,64,68,71,72)/t52-,53?,60?/m1/s1. The number of phosphoric ester groups is 1. The molecule has 1 aliphatic heterocycles. The molecular weight excluding hydrogens is 1150 g/mol. The minimum atomic E-state index is -4.75. The molecule has 0 saturated heterocycles. The van der Waals surface area contributed by atoms with Gasteiger partial charge in [0.1, 0.15) is 24.9 Å². The second-order valence-corrected chi connectivity index (χ2v) is 24.1. The molecule has 3 amide bonds. The molecule has 498 valence electrons. The van der Waals surface area contributed by atoms with Gasteiger partial charge in [-0.3, -0.25) is 28.2 Å². The van der Waals surface area contributed by atoms with Crippen molar-refractivity contribution in [3.63, 3.8) is 0 Å². The van der Waals surface area contributed by atoms with Gasteiger partial charge in [0.25, 0.3) is 5.91 Å². The van der Waals surface area contributed by atoms with Gasteiger partial charge in [-0.2, -0.15) is 0 Å². The number of carboxylic acids is 1. The molecule has 0 bridgehead atoms. The first-order valence-corrected chi connectivity index (χ1v) is 34.2. The van der Waals surface area contributed by atoms with Gasteiger partial charge in [0, 0.05) is 37.1 Å². The number of carboxylic acid groups (broad SMARTS) is 1. The number of guanidine groups is 1. The number of aliphatic imine (C=N–C) groups is 1. The lowest BCUT2D eigenvalue weighted by Crippen LogP contribution is -2.41. The number of aromatic nitrogens is 2. The van der Waals surface area contributed by atoms with E-state index in [9.17, 15) is 48.4 Å². The van der Waals surface area contributed by atoms with Crippen molar-refractivity contribution >= 4 is 61.1 Å². The average molecular weight is 1260 g/mol. The van der Waals surface area contributed by atoms with Crippen LogP contribution in [-0.4, -0.2) is 119 Å². The number of amides is 3. The molecule has 0 fully saturated rings. The number of benzene rings is 1. The molecule has 3 unspecified atom stereocenters. The van der Waals surface area contributed by atoms with Gasteiger partial charge in [0.15, 0.2) is 24.1 Å².